The maximum absolute atomic E-state index is 14.7. The molecular formula is C48H56N10O12S6. The molecule has 2 aliphatic rings. The van der Waals surface area contributed by atoms with E-state index in [-0.39, 0.29) is 23.0 Å². The Balaban J connectivity index is 1.36. The van der Waals surface area contributed by atoms with Crippen molar-refractivity contribution in [1.29, 1.82) is 0 Å². The first-order valence-corrected chi connectivity index (χ1v) is 30.5. The summed E-state index contributed by atoms with van der Waals surface area (Å²) in [6, 6.07) is 8.07. The third kappa shape index (κ3) is 14.5. The molecule has 4 heterocycles. The molecule has 6 rings (SSSR count). The number of aromatic hydroxyl groups is 2. The van der Waals surface area contributed by atoms with Crippen LogP contribution < -0.4 is 21.3 Å². The van der Waals surface area contributed by atoms with Crippen LogP contribution in [0, 0.1) is 0 Å². The first-order valence-electron chi connectivity index (χ1n) is 23.2. The fourth-order valence-corrected chi connectivity index (χ4v) is 13.9. The third-order valence-electron chi connectivity index (χ3n) is 12.3. The zero-order chi connectivity index (χ0) is 55.4. The van der Waals surface area contributed by atoms with Gasteiger partial charge in [-0.2, -0.15) is 23.5 Å². The predicted octanol–water partition coefficient (Wildman–Crippen LogP) is 1.29. The molecule has 6 N–H and O–H groups in total. The van der Waals surface area contributed by atoms with Gasteiger partial charge in [-0.25, -0.2) is 9.97 Å². The summed E-state index contributed by atoms with van der Waals surface area (Å²) in [7, 11) is 7.60. The lowest BCUT2D eigenvalue weighted by molar-refractivity contribution is -0.144. The SMILES string of the molecule is CSC[C@H]1C(=O)SC[C@@H](NC(=O)c2nc3ccccc3cc2O)C(=O)NCC(=O)N(C)[C@H]2CSSCC(C(=O)N1C)N(C)C(=O)CNC(=O)C(NC(=O)c1nc3ccccc3cc1O)CSC(=O)[C@H](CSC)N(C)C2=O. The number of fused-ring (bicyclic) bond motifs is 7. The highest BCUT2D eigenvalue weighted by Crippen LogP contribution is 2.30. The molecule has 0 saturated carbocycles. The van der Waals surface area contributed by atoms with E-state index in [2.05, 4.69) is 31.2 Å². The quantitative estimate of drug-likeness (QED) is 0.136. The van der Waals surface area contributed by atoms with Gasteiger partial charge in [0.05, 0.1) is 24.1 Å². The molecule has 2 aliphatic heterocycles. The van der Waals surface area contributed by atoms with Gasteiger partial charge in [-0.3, -0.25) is 47.9 Å². The van der Waals surface area contributed by atoms with Crippen LogP contribution in [0.25, 0.3) is 21.8 Å². The van der Waals surface area contributed by atoms with Crippen LogP contribution in [0.4, 0.5) is 0 Å². The monoisotopic (exact) mass is 1160 g/mol. The van der Waals surface area contributed by atoms with E-state index in [0.29, 0.717) is 45.3 Å². The van der Waals surface area contributed by atoms with Gasteiger partial charge >= 0.3 is 0 Å². The van der Waals surface area contributed by atoms with E-state index in [9.17, 15) is 58.2 Å². The van der Waals surface area contributed by atoms with Crippen molar-refractivity contribution in [2.75, 3.05) is 88.3 Å². The Hall–Kier alpha value is -5.94. The normalized spacial score (nSPS) is 22.8. The maximum Gasteiger partial charge on any atom is 0.274 e. The summed E-state index contributed by atoms with van der Waals surface area (Å²) in [6.45, 7) is -1.39. The number of amides is 8. The lowest BCUT2D eigenvalue weighted by Crippen LogP contribution is -2.57. The Morgan fingerprint density at radius 1 is 0.592 bits per heavy atom. The average Bonchev–Trinajstić information content (AvgIpc) is 3.41. The summed E-state index contributed by atoms with van der Waals surface area (Å²) in [5.74, 6) is -8.66. The Morgan fingerprint density at radius 3 is 1.33 bits per heavy atom. The molecule has 2 bridgehead atoms. The van der Waals surface area contributed by atoms with Crippen molar-refractivity contribution >= 4 is 148 Å². The number of hydrogen-bond donors (Lipinski definition) is 6. The van der Waals surface area contributed by atoms with Crippen molar-refractivity contribution in [1.82, 2.24) is 50.8 Å². The lowest BCUT2D eigenvalue weighted by atomic mass is 10.1. The molecule has 2 aromatic heterocycles. The Kier molecular flexibility index (Phi) is 21.4. The molecule has 406 valence electrons. The van der Waals surface area contributed by atoms with Gasteiger partial charge in [-0.15, -0.1) is 0 Å². The molecular weight excluding hydrogens is 1100 g/mol. The number of hydrogen-bond acceptors (Lipinski definition) is 20. The molecule has 22 nitrogen and oxygen atoms in total. The molecule has 8 amide bonds. The minimum Gasteiger partial charge on any atom is -0.505 e. The highest BCUT2D eigenvalue weighted by molar-refractivity contribution is 8.76. The van der Waals surface area contributed by atoms with Crippen LogP contribution in [-0.2, 0) is 38.4 Å². The summed E-state index contributed by atoms with van der Waals surface area (Å²) in [5.41, 5.74) is -0.102. The fourth-order valence-electron chi connectivity index (χ4n) is 7.75. The molecule has 28 heteroatoms. The first-order chi connectivity index (χ1) is 36.2. The number of likely N-dealkylation sites (N-methyl/N-ethyl adjacent to an activating group) is 4. The number of carbonyl (C=O) groups excluding carboxylic acids is 10. The molecule has 4 aromatic rings. The van der Waals surface area contributed by atoms with Crippen molar-refractivity contribution in [2.45, 2.75) is 36.3 Å². The standard InChI is InChI=1S/C48H56N10O12S6/c1-55-31-23-75-76-24-32(46(68)58(4)34(22-72-6)48(70)74-19-29(41(63)49-17-37(55)61)53-43(65)39-35(59)15-25-11-7-9-13-27(25)51-39)56(2)38(62)18-50-42(64)30(20-73-47(69)33(21-71-5)57(3)45(31)67)54-44(66)40-36(60)16-26-12-8-10-14-28(26)52-40/h7-16,29-34,59-60H,17-24H2,1-6H3,(H,49,63)(H,50,64)(H,53,65)(H,54,66)/t29-,30?,31+,32?,33+,34+/m1/s1. The van der Waals surface area contributed by atoms with Crippen LogP contribution in [0.15, 0.2) is 60.7 Å². The molecule has 2 saturated heterocycles. The predicted molar refractivity (Wildman–Crippen MR) is 298 cm³/mol. The molecule has 2 fully saturated rings. The summed E-state index contributed by atoms with van der Waals surface area (Å²) < 4.78 is 0. The molecule has 2 aromatic carbocycles. The Labute approximate surface area is 462 Å². The van der Waals surface area contributed by atoms with Crippen molar-refractivity contribution in [2.24, 2.45) is 0 Å². The lowest BCUT2D eigenvalue weighted by Gasteiger charge is -2.35. The van der Waals surface area contributed by atoms with E-state index >= 15 is 0 Å². The van der Waals surface area contributed by atoms with Crippen LogP contribution in [0.1, 0.15) is 21.0 Å². The van der Waals surface area contributed by atoms with Gasteiger partial charge in [0.25, 0.3) is 11.8 Å². The fraction of sp³-hybridized carbons (Fsp3) is 0.417. The molecule has 2 unspecified atom stereocenters. The van der Waals surface area contributed by atoms with Gasteiger partial charge in [0.2, 0.25) is 45.7 Å². The number of thioether (sulfide) groups is 4. The van der Waals surface area contributed by atoms with Crippen molar-refractivity contribution in [3.8, 4) is 11.5 Å². The van der Waals surface area contributed by atoms with Crippen molar-refractivity contribution in [3.05, 3.63) is 72.1 Å². The van der Waals surface area contributed by atoms with Gasteiger partial charge in [0.15, 0.2) is 11.4 Å². The first kappa shape index (κ1) is 59.3. The van der Waals surface area contributed by atoms with Gasteiger partial charge in [-0.1, -0.05) is 81.5 Å². The van der Waals surface area contributed by atoms with E-state index in [1.165, 1.54) is 73.6 Å². The maximum atomic E-state index is 14.7. The van der Waals surface area contributed by atoms with Crippen LogP contribution in [0.5, 0.6) is 11.5 Å². The zero-order valence-corrected chi connectivity index (χ0v) is 46.9. The van der Waals surface area contributed by atoms with E-state index < -0.39 is 141 Å². The smallest absolute Gasteiger partial charge is 0.274 e. The molecule has 0 aliphatic carbocycles. The highest BCUT2D eigenvalue weighted by Gasteiger charge is 2.39. The number of nitrogens with one attached hydrogen (secondary N) is 4. The highest BCUT2D eigenvalue weighted by atomic mass is 33.1. The second-order valence-electron chi connectivity index (χ2n) is 17.3. The van der Waals surface area contributed by atoms with E-state index in [4.69, 9.17) is 0 Å². The number of pyridine rings is 2. The topological polar surface area (TPSA) is 298 Å². The number of para-hydroxylation sites is 2. The number of nitrogens with zero attached hydrogens (tertiary/aromatic N) is 6. The van der Waals surface area contributed by atoms with Crippen LogP contribution >= 0.6 is 68.6 Å². The molecule has 6 atom stereocenters. The average molecular weight is 1160 g/mol. The van der Waals surface area contributed by atoms with Gasteiger partial charge in [0.1, 0.15) is 47.8 Å². The summed E-state index contributed by atoms with van der Waals surface area (Å²) in [5, 5.41) is 31.6. The van der Waals surface area contributed by atoms with Crippen molar-refractivity contribution < 1.29 is 58.2 Å². The number of benzene rings is 2. The largest absolute Gasteiger partial charge is 0.505 e. The van der Waals surface area contributed by atoms with Gasteiger partial charge in [0, 0.05) is 73.5 Å². The Bertz CT molecular complexity index is 2710. The van der Waals surface area contributed by atoms with E-state index in [1.54, 1.807) is 61.0 Å². The van der Waals surface area contributed by atoms with Crippen LogP contribution in [-0.4, -0.2) is 222 Å². The van der Waals surface area contributed by atoms with Gasteiger partial charge < -0.3 is 51.1 Å². The number of carbonyl (C=O) groups is 10. The second kappa shape index (κ2) is 27.4. The minimum absolute atomic E-state index is 0.0598. The molecule has 0 spiro atoms. The summed E-state index contributed by atoms with van der Waals surface area (Å²) in [4.78, 5) is 155. The van der Waals surface area contributed by atoms with Crippen molar-refractivity contribution in [3.63, 3.8) is 0 Å². The summed E-state index contributed by atoms with van der Waals surface area (Å²) in [6.07, 6.45) is 3.42. The minimum atomic E-state index is -1.53. The van der Waals surface area contributed by atoms with Gasteiger partial charge in [-0.05, 0) is 36.8 Å². The van der Waals surface area contributed by atoms with Crippen LogP contribution in [0.3, 0.4) is 0 Å². The third-order valence-corrected chi connectivity index (χ3v) is 18.1. The Morgan fingerprint density at radius 2 is 0.961 bits per heavy atom. The van der Waals surface area contributed by atoms with E-state index in [1.807, 2.05) is 0 Å². The number of aromatic nitrogens is 2. The molecule has 76 heavy (non-hydrogen) atoms. The molecule has 0 radical (unpaired) electrons. The zero-order valence-electron chi connectivity index (χ0n) is 42.0. The van der Waals surface area contributed by atoms with E-state index in [0.717, 1.165) is 31.4 Å². The van der Waals surface area contributed by atoms with Crippen LogP contribution in [0.2, 0.25) is 0 Å². The second-order valence-corrected chi connectivity index (χ2v) is 23.7. The summed E-state index contributed by atoms with van der Waals surface area (Å²) >= 11 is 3.71. The number of rotatable bonds is 8.